The van der Waals surface area contributed by atoms with Gasteiger partial charge in [0.05, 0.1) is 11.7 Å². The molecule has 0 heterocycles. The summed E-state index contributed by atoms with van der Waals surface area (Å²) in [6.07, 6.45) is 3.93. The third kappa shape index (κ3) is 7.98. The fraction of sp³-hybridized carbons (Fsp3) is 0.167. The molecule has 0 bridgehead atoms. The van der Waals surface area contributed by atoms with Crippen LogP contribution >= 0.6 is 0 Å². The minimum Gasteiger partial charge on any atom is -0.546 e. The topological polar surface area (TPSA) is 77.3 Å². The summed E-state index contributed by atoms with van der Waals surface area (Å²) in [4.78, 5) is 10.3. The van der Waals surface area contributed by atoms with E-state index in [1.807, 2.05) is 62.6 Å². The van der Waals surface area contributed by atoms with Crippen LogP contribution in [0.4, 0.5) is 5.69 Å². The molecule has 2 rings (SSSR count). The van der Waals surface area contributed by atoms with Crippen LogP contribution in [0.2, 0.25) is 0 Å². The van der Waals surface area contributed by atoms with Gasteiger partial charge in [0.25, 0.3) is 0 Å². The van der Waals surface area contributed by atoms with Crippen LogP contribution in [-0.2, 0) is 4.79 Å². The van der Waals surface area contributed by atoms with E-state index in [2.05, 4.69) is 10.3 Å². The minimum atomic E-state index is -1.24. The van der Waals surface area contributed by atoms with E-state index >= 15 is 0 Å². The van der Waals surface area contributed by atoms with Gasteiger partial charge in [0.15, 0.2) is 0 Å². The van der Waals surface area contributed by atoms with Gasteiger partial charge in [-0.2, -0.15) is 0 Å². The largest absolute Gasteiger partial charge is 1.00 e. The first-order chi connectivity index (χ1) is 11.5. The molecule has 0 aliphatic carbocycles. The summed E-state index contributed by atoms with van der Waals surface area (Å²) in [5, 5.41) is 20.0. The Morgan fingerprint density at radius 1 is 1.04 bits per heavy atom. The Hall–Kier alpha value is -2.15. The summed E-state index contributed by atoms with van der Waals surface area (Å²) in [5.41, 5.74) is 2.80. The van der Waals surface area contributed by atoms with Crippen LogP contribution in [0.1, 0.15) is 11.1 Å². The summed E-state index contributed by atoms with van der Waals surface area (Å²) in [6, 6.07) is 14.8. The van der Waals surface area contributed by atoms with Crippen LogP contribution in [0.3, 0.4) is 0 Å². The maximum atomic E-state index is 10.3. The van der Waals surface area contributed by atoms with E-state index in [-0.39, 0.29) is 29.6 Å². The van der Waals surface area contributed by atoms with Crippen molar-refractivity contribution in [1.29, 1.82) is 0 Å². The number of benzene rings is 2. The second kappa shape index (κ2) is 10.7. The maximum Gasteiger partial charge on any atom is 1.00 e. The number of carboxylic acid groups (broad SMARTS) is 1. The first-order valence-corrected chi connectivity index (χ1v) is 7.33. The smallest absolute Gasteiger partial charge is 0.546 e. The summed E-state index contributed by atoms with van der Waals surface area (Å²) < 4.78 is 5.03. The van der Waals surface area contributed by atoms with Crippen molar-refractivity contribution >= 4 is 23.8 Å². The predicted octanol–water partition coefficient (Wildman–Crippen LogP) is -0.450. The summed E-state index contributed by atoms with van der Waals surface area (Å²) >= 11 is 0. The zero-order valence-corrected chi connectivity index (χ0v) is 16.5. The summed E-state index contributed by atoms with van der Waals surface area (Å²) in [7, 11) is 3.63. The molecule has 0 saturated heterocycles. The van der Waals surface area contributed by atoms with E-state index in [1.54, 1.807) is 17.1 Å². The number of carbonyl (C=O) groups is 1. The molecular formula is C18H18N3NaO3. The number of hydrogen-bond acceptors (Lipinski definition) is 5. The van der Waals surface area contributed by atoms with Gasteiger partial charge < -0.3 is 14.6 Å². The summed E-state index contributed by atoms with van der Waals surface area (Å²) in [6.45, 7) is -0.452. The second-order valence-electron chi connectivity index (χ2n) is 5.19. The van der Waals surface area contributed by atoms with Gasteiger partial charge in [0.2, 0.25) is 0 Å². The first-order valence-electron chi connectivity index (χ1n) is 7.33. The van der Waals surface area contributed by atoms with Crippen LogP contribution in [0.25, 0.3) is 12.2 Å². The van der Waals surface area contributed by atoms with E-state index in [0.29, 0.717) is 5.75 Å². The summed E-state index contributed by atoms with van der Waals surface area (Å²) in [5.74, 6) is -0.750. The molecule has 7 heteroatoms. The molecule has 0 spiro atoms. The fourth-order valence-electron chi connectivity index (χ4n) is 1.80. The molecule has 0 amide bonds. The van der Waals surface area contributed by atoms with Crippen molar-refractivity contribution in [2.75, 3.05) is 20.7 Å². The van der Waals surface area contributed by atoms with Crippen molar-refractivity contribution < 1.29 is 44.2 Å². The van der Waals surface area contributed by atoms with Crippen LogP contribution in [0.15, 0.2) is 58.9 Å². The third-order valence-corrected chi connectivity index (χ3v) is 2.94. The van der Waals surface area contributed by atoms with Gasteiger partial charge in [-0.15, -0.1) is 5.11 Å². The van der Waals surface area contributed by atoms with Crippen molar-refractivity contribution in [1.82, 2.24) is 5.01 Å². The van der Waals surface area contributed by atoms with Gasteiger partial charge in [-0.25, -0.2) is 0 Å². The van der Waals surface area contributed by atoms with Crippen LogP contribution in [0, 0.1) is 0 Å². The number of hydrogen-bond donors (Lipinski definition) is 0. The maximum absolute atomic E-state index is 10.3. The number of carbonyl (C=O) groups excluding carboxylic acids is 1. The van der Waals surface area contributed by atoms with E-state index in [1.165, 1.54) is 0 Å². The molecule has 6 nitrogen and oxygen atoms in total. The van der Waals surface area contributed by atoms with E-state index < -0.39 is 12.6 Å². The van der Waals surface area contributed by atoms with Gasteiger partial charge in [-0.05, 0) is 35.4 Å². The van der Waals surface area contributed by atoms with Gasteiger partial charge in [0.1, 0.15) is 12.4 Å². The number of ether oxygens (including phenoxy) is 1. The van der Waals surface area contributed by atoms with Gasteiger partial charge in [0, 0.05) is 14.1 Å². The minimum absolute atomic E-state index is 0. The Balaban J connectivity index is 0.00000312. The van der Waals surface area contributed by atoms with E-state index in [4.69, 9.17) is 4.74 Å². The fourth-order valence-corrected chi connectivity index (χ4v) is 1.80. The molecular weight excluding hydrogens is 329 g/mol. The molecule has 0 atom stereocenters. The van der Waals surface area contributed by atoms with Crippen LogP contribution < -0.4 is 39.4 Å². The Morgan fingerprint density at radius 3 is 2.04 bits per heavy atom. The monoisotopic (exact) mass is 347 g/mol. The van der Waals surface area contributed by atoms with Gasteiger partial charge in [-0.3, -0.25) is 5.01 Å². The quantitative estimate of drug-likeness (QED) is 0.294. The average molecular weight is 347 g/mol. The SMILES string of the molecule is CN(C)/N=N\c1ccc(C=Cc2ccc(OCC(=O)[O-])cc2)cc1.[Na+]. The van der Waals surface area contributed by atoms with E-state index in [9.17, 15) is 9.90 Å². The van der Waals surface area contributed by atoms with Crippen molar-refractivity contribution in [2.24, 2.45) is 10.3 Å². The van der Waals surface area contributed by atoms with E-state index in [0.717, 1.165) is 16.8 Å². The molecule has 0 unspecified atom stereocenters. The molecule has 2 aromatic rings. The Bertz CT molecular complexity index is 726. The van der Waals surface area contributed by atoms with Crippen LogP contribution in [0.5, 0.6) is 5.75 Å². The Kier molecular flexibility index (Phi) is 8.91. The molecule has 0 aliphatic heterocycles. The Labute approximate surface area is 169 Å². The number of carboxylic acids is 1. The standard InChI is InChI=1S/C18H19N3O3.Na/c1-21(2)20-19-16-9-5-14(6-10-16)3-4-15-7-11-17(12-8-15)24-13-18(22)23;/h3-12H,13H2,1-2H3,(H,22,23);/q;+1/p-1/b4-3?,20-19-;. The molecule has 124 valence electrons. The molecule has 25 heavy (non-hydrogen) atoms. The Morgan fingerprint density at radius 2 is 1.56 bits per heavy atom. The van der Waals surface area contributed by atoms with Crippen molar-refractivity contribution in [3.63, 3.8) is 0 Å². The number of rotatable bonds is 7. The number of nitrogens with zero attached hydrogens (tertiary/aromatic N) is 3. The molecule has 0 N–H and O–H groups in total. The predicted molar refractivity (Wildman–Crippen MR) is 90.5 cm³/mol. The normalized spacial score (nSPS) is 10.6. The van der Waals surface area contributed by atoms with Crippen molar-refractivity contribution in [3.8, 4) is 5.75 Å². The van der Waals surface area contributed by atoms with Gasteiger partial charge in [-0.1, -0.05) is 41.6 Å². The zero-order chi connectivity index (χ0) is 17.4. The second-order valence-corrected chi connectivity index (χ2v) is 5.19. The zero-order valence-electron chi connectivity index (χ0n) is 14.5. The molecule has 2 aromatic carbocycles. The van der Waals surface area contributed by atoms with Crippen molar-refractivity contribution in [2.45, 2.75) is 0 Å². The third-order valence-electron chi connectivity index (χ3n) is 2.94. The molecule has 0 radical (unpaired) electrons. The van der Waals surface area contributed by atoms with Gasteiger partial charge >= 0.3 is 29.6 Å². The number of aliphatic carboxylic acids is 1. The molecule has 0 aliphatic rings. The molecule has 0 saturated carbocycles. The van der Waals surface area contributed by atoms with Crippen molar-refractivity contribution in [3.05, 3.63) is 59.7 Å². The molecule has 0 fully saturated rings. The average Bonchev–Trinajstić information content (AvgIpc) is 2.58. The van der Waals surface area contributed by atoms with Crippen LogP contribution in [-0.4, -0.2) is 31.7 Å². The first kappa shape index (κ1) is 20.9. The molecule has 0 aromatic heterocycles.